The average molecular weight is 1380 g/mol. The van der Waals surface area contributed by atoms with Crippen molar-refractivity contribution in [3.05, 3.63) is 347 Å². The number of hydrogen-bond acceptors (Lipinski definition) is 6. The fraction of sp³-hybridized carbons (Fsp3) is 0.237. The predicted octanol–water partition coefficient (Wildman–Crippen LogP) is 21.4. The number of likely N-dealkylation sites (N-methyl/N-ethyl adjacent to an activating group) is 2. The Hall–Kier alpha value is -11.2. The Labute approximate surface area is 619 Å². The van der Waals surface area contributed by atoms with Gasteiger partial charge >= 0.3 is 11.9 Å². The number of carbonyl (C=O) groups excluding carboxylic acids is 2. The largest absolute Gasteiger partial charge is 0.469 e. The molecule has 0 amide bonds. The van der Waals surface area contributed by atoms with Gasteiger partial charge in [0.15, 0.2) is 11.4 Å². The van der Waals surface area contributed by atoms with E-state index in [1.807, 2.05) is 0 Å². The van der Waals surface area contributed by atoms with Crippen LogP contribution in [-0.2, 0) is 53.6 Å². The number of ether oxygens (including phenoxy) is 2. The Morgan fingerprint density at radius 2 is 0.810 bits per heavy atom. The number of benzene rings is 11. The zero-order valence-corrected chi connectivity index (χ0v) is 62.4. The van der Waals surface area contributed by atoms with Crippen LogP contribution in [-0.4, -0.2) is 74.9 Å². The summed E-state index contributed by atoms with van der Waals surface area (Å²) in [4.78, 5) is 32.6. The van der Waals surface area contributed by atoms with Gasteiger partial charge in [-0.1, -0.05) is 223 Å². The van der Waals surface area contributed by atoms with Crippen molar-refractivity contribution in [2.75, 3.05) is 52.2 Å². The predicted molar refractivity (Wildman–Crippen MR) is 436 cm³/mol. The molecule has 15 rings (SSSR count). The van der Waals surface area contributed by atoms with Crippen molar-refractivity contribution in [2.45, 2.75) is 107 Å². The number of anilines is 2. The maximum absolute atomic E-state index is 13.9. The van der Waals surface area contributed by atoms with Gasteiger partial charge in [-0.05, 0) is 173 Å². The average Bonchev–Trinajstić information content (AvgIpc) is 1.58. The summed E-state index contributed by atoms with van der Waals surface area (Å²) in [5.41, 5.74) is 20.1. The van der Waals surface area contributed by atoms with E-state index in [2.05, 4.69) is 349 Å². The Bertz CT molecular complexity index is 5240. The first-order valence-electron chi connectivity index (χ1n) is 37.0. The minimum absolute atomic E-state index is 0.211. The second-order valence-electron chi connectivity index (χ2n) is 30.4. The van der Waals surface area contributed by atoms with Crippen molar-refractivity contribution in [3.63, 3.8) is 0 Å². The van der Waals surface area contributed by atoms with Gasteiger partial charge < -0.3 is 19.3 Å². The third-order valence-electron chi connectivity index (χ3n) is 23.7. The van der Waals surface area contributed by atoms with E-state index in [4.69, 9.17) is 9.47 Å². The van der Waals surface area contributed by atoms with Crippen molar-refractivity contribution >= 4 is 89.2 Å². The van der Waals surface area contributed by atoms with Gasteiger partial charge in [0.2, 0.25) is 11.4 Å². The molecule has 4 aliphatic heterocycles. The summed E-state index contributed by atoms with van der Waals surface area (Å²) in [5.74, 6) is -0.790. The molecular formula is C97H94N4O4+2. The summed E-state index contributed by atoms with van der Waals surface area (Å²) in [6, 6.07) is 82.2. The molecule has 0 spiro atoms. The smallest absolute Gasteiger partial charge is 0.305 e. The highest BCUT2D eigenvalue weighted by Gasteiger charge is 2.55. The SMILES string of the molecule is C=C(C)CC1(C)/C(=C\C=C\C2=[N+](C)c3cc(C(c4ccccc4)c4cc5c(c6ccccc46)C(CCC(=O)OC)(Cc4ccccc4)C(/C=C/C=C4/N(C)c6ccc7ccccc7c6C4(C)CC(=C)C)=[N+]5C)c4ccccc4c3C2(CCC(=O)OC)Cc2ccccc2)N(C)c2ccc3ccccc3c21. The van der Waals surface area contributed by atoms with Gasteiger partial charge in [0, 0.05) is 102 Å². The van der Waals surface area contributed by atoms with Gasteiger partial charge in [-0.15, -0.1) is 13.2 Å². The van der Waals surface area contributed by atoms with Crippen LogP contribution in [0.5, 0.6) is 0 Å². The van der Waals surface area contributed by atoms with Gasteiger partial charge in [-0.2, -0.15) is 9.15 Å². The van der Waals surface area contributed by atoms with Crippen molar-refractivity contribution in [1.82, 2.24) is 0 Å². The lowest BCUT2D eigenvalue weighted by atomic mass is 9.67. The molecule has 11 aromatic rings. The third-order valence-corrected chi connectivity index (χ3v) is 23.7. The molecule has 0 aromatic heterocycles. The van der Waals surface area contributed by atoms with E-state index >= 15 is 0 Å². The van der Waals surface area contributed by atoms with Crippen LogP contribution in [0, 0.1) is 0 Å². The summed E-state index contributed by atoms with van der Waals surface area (Å²) >= 11 is 0. The molecule has 8 heteroatoms. The monoisotopic (exact) mass is 1380 g/mol. The molecule has 0 N–H and O–H groups in total. The Balaban J connectivity index is 0.959. The Kier molecular flexibility index (Phi) is 18.4. The summed E-state index contributed by atoms with van der Waals surface area (Å²) in [6.45, 7) is 18.1. The molecule has 0 bridgehead atoms. The quantitative estimate of drug-likeness (QED) is 0.0309. The number of allylic oxidation sites excluding steroid dienone is 10. The highest BCUT2D eigenvalue weighted by Crippen LogP contribution is 2.58. The van der Waals surface area contributed by atoms with Crippen LogP contribution < -0.4 is 9.80 Å². The summed E-state index contributed by atoms with van der Waals surface area (Å²) in [7, 11) is 11.9. The molecule has 4 atom stereocenters. The van der Waals surface area contributed by atoms with Crippen LogP contribution in [0.4, 0.5) is 22.7 Å². The molecule has 4 heterocycles. The van der Waals surface area contributed by atoms with E-state index in [-0.39, 0.29) is 41.5 Å². The molecule has 4 aliphatic rings. The second kappa shape index (κ2) is 27.8. The summed E-state index contributed by atoms with van der Waals surface area (Å²) in [5, 5.41) is 9.50. The number of fused-ring (bicyclic) bond motifs is 12. The zero-order chi connectivity index (χ0) is 73.1. The molecule has 524 valence electrons. The zero-order valence-electron chi connectivity index (χ0n) is 62.4. The molecule has 11 aromatic carbocycles. The molecule has 0 aliphatic carbocycles. The summed E-state index contributed by atoms with van der Waals surface area (Å²) < 4.78 is 16.0. The van der Waals surface area contributed by atoms with Crippen LogP contribution in [0.3, 0.4) is 0 Å². The van der Waals surface area contributed by atoms with E-state index in [1.165, 1.54) is 103 Å². The highest BCUT2D eigenvalue weighted by atomic mass is 16.5. The van der Waals surface area contributed by atoms with Crippen molar-refractivity contribution in [3.8, 4) is 0 Å². The van der Waals surface area contributed by atoms with E-state index in [0.717, 1.165) is 73.9 Å². The van der Waals surface area contributed by atoms with E-state index in [0.29, 0.717) is 25.7 Å². The summed E-state index contributed by atoms with van der Waals surface area (Å²) in [6.07, 6.45) is 18.1. The molecule has 105 heavy (non-hydrogen) atoms. The van der Waals surface area contributed by atoms with Crippen molar-refractivity contribution < 1.29 is 28.2 Å². The number of hydrogen-bond donors (Lipinski definition) is 0. The topological polar surface area (TPSA) is 65.1 Å². The number of nitrogens with zero attached hydrogens (tertiary/aromatic N) is 4. The molecule has 0 saturated heterocycles. The molecule has 0 saturated carbocycles. The maximum atomic E-state index is 13.9. The number of rotatable bonds is 21. The van der Waals surface area contributed by atoms with Crippen LogP contribution in [0.1, 0.15) is 122 Å². The van der Waals surface area contributed by atoms with E-state index in [1.54, 1.807) is 0 Å². The number of carbonyl (C=O) groups is 2. The fourth-order valence-electron chi connectivity index (χ4n) is 19.5. The van der Waals surface area contributed by atoms with Crippen LogP contribution in [0.25, 0.3) is 43.1 Å². The highest BCUT2D eigenvalue weighted by molar-refractivity contribution is 6.12. The van der Waals surface area contributed by atoms with Crippen molar-refractivity contribution in [2.24, 2.45) is 0 Å². The first kappa shape index (κ1) is 69.5. The molecule has 4 unspecified atom stereocenters. The van der Waals surface area contributed by atoms with Crippen LogP contribution in [0.2, 0.25) is 0 Å². The number of methoxy groups -OCH3 is 2. The maximum Gasteiger partial charge on any atom is 0.305 e. The Morgan fingerprint density at radius 1 is 0.457 bits per heavy atom. The second-order valence-corrected chi connectivity index (χ2v) is 30.4. The normalized spacial score (nSPS) is 20.7. The molecular weight excluding hydrogens is 1290 g/mol. The van der Waals surface area contributed by atoms with Crippen LogP contribution in [0.15, 0.2) is 297 Å². The molecule has 8 nitrogen and oxygen atoms in total. The first-order valence-corrected chi connectivity index (χ1v) is 37.0. The van der Waals surface area contributed by atoms with E-state index < -0.39 is 10.8 Å². The Morgan fingerprint density at radius 3 is 1.19 bits per heavy atom. The number of esters is 2. The lowest BCUT2D eigenvalue weighted by Gasteiger charge is -2.31. The van der Waals surface area contributed by atoms with E-state index in [9.17, 15) is 9.59 Å². The van der Waals surface area contributed by atoms with Crippen LogP contribution >= 0.6 is 0 Å². The standard InChI is InChI=1S/C97H94N4O4/c1-64(2)60-94(5)83(98(7)79-52-50-68-36-22-24-40-71(68)90(79)94)46-30-48-85-96(56-54-87(102)104-11,62-66-32-16-13-17-33-66)92-75-44-28-26-42-73(75)77(58-81(92)100(85)9)89(70-38-20-15-21-39-70)78-59-82-93(76-45-29-27-43-74(76)78)97(57-55-88(103)105-12,63-67-34-18-14-19-35-67)86(101(82)10)49-31-47-84-95(6,61-65(3)4)91-72-41-25-23-37-69(72)51-53-80(91)99(84)8/h13-53,58-59,89H,1,3,54-57,60-63H2,2,4-12H3/q+2. The fourth-order valence-corrected chi connectivity index (χ4v) is 19.5. The molecule has 0 fully saturated rings. The minimum Gasteiger partial charge on any atom is -0.469 e. The third kappa shape index (κ3) is 11.8. The van der Waals surface area contributed by atoms with Gasteiger partial charge in [0.1, 0.15) is 14.1 Å². The lowest BCUT2D eigenvalue weighted by Crippen LogP contribution is -2.37. The van der Waals surface area contributed by atoms with Gasteiger partial charge in [-0.25, -0.2) is 0 Å². The minimum atomic E-state index is -0.712. The lowest BCUT2D eigenvalue weighted by molar-refractivity contribution is -0.401. The molecule has 0 radical (unpaired) electrons. The van der Waals surface area contributed by atoms with Gasteiger partial charge in [0.05, 0.1) is 25.0 Å². The van der Waals surface area contributed by atoms with Gasteiger partial charge in [0.25, 0.3) is 0 Å². The van der Waals surface area contributed by atoms with Crippen molar-refractivity contribution in [1.29, 1.82) is 0 Å². The van der Waals surface area contributed by atoms with Gasteiger partial charge in [-0.3, -0.25) is 9.59 Å². The first-order chi connectivity index (χ1) is 50.8.